The first-order valence-corrected chi connectivity index (χ1v) is 8.66. The molecular formula is C20H20N6O. The molecule has 7 nitrogen and oxygen atoms in total. The van der Waals surface area contributed by atoms with Crippen molar-refractivity contribution >= 4 is 17.4 Å². The first-order valence-electron chi connectivity index (χ1n) is 8.66. The lowest BCUT2D eigenvalue weighted by atomic mass is 9.91. The highest BCUT2D eigenvalue weighted by Crippen LogP contribution is 2.21. The Kier molecular flexibility index (Phi) is 3.99. The first-order chi connectivity index (χ1) is 12.9. The monoisotopic (exact) mass is 360 g/mol. The normalized spacial score (nSPS) is 11.7. The van der Waals surface area contributed by atoms with Crippen molar-refractivity contribution in [3.8, 4) is 11.1 Å². The molecule has 0 radical (unpaired) electrons. The molecule has 136 valence electrons. The van der Waals surface area contributed by atoms with Crippen LogP contribution in [0, 0.1) is 0 Å². The Morgan fingerprint density at radius 2 is 1.93 bits per heavy atom. The van der Waals surface area contributed by atoms with Gasteiger partial charge in [-0.15, -0.1) is 0 Å². The molecule has 0 spiro atoms. The Bertz CT molecular complexity index is 1090. The van der Waals surface area contributed by atoms with Gasteiger partial charge >= 0.3 is 0 Å². The third-order valence-corrected chi connectivity index (χ3v) is 4.32. The average molecular weight is 360 g/mol. The molecule has 7 heteroatoms. The second kappa shape index (κ2) is 6.35. The highest BCUT2D eigenvalue weighted by molar-refractivity contribution is 6.03. The topological polar surface area (TPSA) is 88.0 Å². The van der Waals surface area contributed by atoms with Crippen LogP contribution in [0.15, 0.2) is 55.2 Å². The average Bonchev–Trinajstić information content (AvgIpc) is 3.29. The standard InChI is InChI=1S/C20H20N6O/c1-20(2,3)16-6-4-13(8-21-16)19(27)25-17-12-26-11-14(5-7-18(26)24-17)15-9-22-23-10-15/h4-12H,1-3H3,(H,22,23)(H,25,27). The summed E-state index contributed by atoms with van der Waals surface area (Å²) in [5.74, 6) is 0.255. The number of hydrogen-bond acceptors (Lipinski definition) is 4. The first kappa shape index (κ1) is 17.0. The number of H-pyrrole nitrogens is 1. The number of hydrogen-bond donors (Lipinski definition) is 2. The van der Waals surface area contributed by atoms with Crippen LogP contribution in [0.4, 0.5) is 5.82 Å². The Hall–Kier alpha value is -3.48. The number of pyridine rings is 2. The number of anilines is 1. The van der Waals surface area contributed by atoms with E-state index in [1.807, 2.05) is 35.0 Å². The molecule has 4 rings (SSSR count). The minimum Gasteiger partial charge on any atom is -0.305 e. The largest absolute Gasteiger partial charge is 0.305 e. The third-order valence-electron chi connectivity index (χ3n) is 4.32. The molecule has 0 aliphatic rings. The number of carbonyl (C=O) groups is 1. The molecule has 4 aromatic rings. The third kappa shape index (κ3) is 3.44. The molecule has 0 saturated carbocycles. The molecule has 2 N–H and O–H groups in total. The van der Waals surface area contributed by atoms with Crippen molar-refractivity contribution < 1.29 is 4.79 Å². The van der Waals surface area contributed by atoms with Crippen LogP contribution in [0.25, 0.3) is 16.8 Å². The molecule has 0 aliphatic carbocycles. The quantitative estimate of drug-likeness (QED) is 0.583. The van der Waals surface area contributed by atoms with Crippen molar-refractivity contribution in [1.29, 1.82) is 0 Å². The van der Waals surface area contributed by atoms with Crippen molar-refractivity contribution in [2.75, 3.05) is 5.32 Å². The smallest absolute Gasteiger partial charge is 0.258 e. The van der Waals surface area contributed by atoms with E-state index in [1.54, 1.807) is 24.7 Å². The summed E-state index contributed by atoms with van der Waals surface area (Å²) in [6, 6.07) is 7.54. The highest BCUT2D eigenvalue weighted by Gasteiger charge is 2.16. The SMILES string of the molecule is CC(C)(C)c1ccc(C(=O)Nc2cn3cc(-c4cn[nH]c4)ccc3n2)cn1. The molecule has 0 aromatic carbocycles. The second-order valence-corrected chi connectivity index (χ2v) is 7.43. The van der Waals surface area contributed by atoms with Gasteiger partial charge in [0.25, 0.3) is 5.91 Å². The molecule has 0 unspecified atom stereocenters. The zero-order valence-corrected chi connectivity index (χ0v) is 15.4. The van der Waals surface area contributed by atoms with Crippen molar-refractivity contribution in [1.82, 2.24) is 24.6 Å². The van der Waals surface area contributed by atoms with Gasteiger partial charge in [-0.25, -0.2) is 4.98 Å². The summed E-state index contributed by atoms with van der Waals surface area (Å²) in [7, 11) is 0. The number of imidazole rings is 1. The van der Waals surface area contributed by atoms with Gasteiger partial charge < -0.3 is 9.72 Å². The number of nitrogens with one attached hydrogen (secondary N) is 2. The summed E-state index contributed by atoms with van der Waals surface area (Å²) in [5.41, 5.74) is 4.13. The van der Waals surface area contributed by atoms with Gasteiger partial charge in [-0.2, -0.15) is 5.10 Å². The molecule has 27 heavy (non-hydrogen) atoms. The molecule has 1 amide bonds. The summed E-state index contributed by atoms with van der Waals surface area (Å²) in [4.78, 5) is 21.3. The molecule has 0 fully saturated rings. The van der Waals surface area contributed by atoms with E-state index in [2.05, 4.69) is 46.3 Å². The number of aromatic amines is 1. The summed E-state index contributed by atoms with van der Waals surface area (Å²) >= 11 is 0. The van der Waals surface area contributed by atoms with Gasteiger partial charge in [-0.3, -0.25) is 14.9 Å². The molecule has 0 aliphatic heterocycles. The number of fused-ring (bicyclic) bond motifs is 1. The van der Waals surface area contributed by atoms with Gasteiger partial charge in [0.1, 0.15) is 5.65 Å². The number of amides is 1. The van der Waals surface area contributed by atoms with Crippen LogP contribution >= 0.6 is 0 Å². The van der Waals surface area contributed by atoms with Gasteiger partial charge in [0.2, 0.25) is 0 Å². The van der Waals surface area contributed by atoms with Gasteiger partial charge in [-0.05, 0) is 24.3 Å². The van der Waals surface area contributed by atoms with Gasteiger partial charge in [0.05, 0.1) is 18.0 Å². The molecule has 4 aromatic heterocycles. The van der Waals surface area contributed by atoms with Gasteiger partial charge in [0, 0.05) is 40.8 Å². The van der Waals surface area contributed by atoms with Gasteiger partial charge in [-0.1, -0.05) is 20.8 Å². The van der Waals surface area contributed by atoms with E-state index < -0.39 is 0 Å². The van der Waals surface area contributed by atoms with E-state index in [4.69, 9.17) is 0 Å². The lowest BCUT2D eigenvalue weighted by Gasteiger charge is -2.17. The van der Waals surface area contributed by atoms with E-state index in [0.717, 1.165) is 22.5 Å². The summed E-state index contributed by atoms with van der Waals surface area (Å²) in [6.07, 6.45) is 8.92. The minimum absolute atomic E-state index is 0.0523. The van der Waals surface area contributed by atoms with Crippen LogP contribution in [0.2, 0.25) is 0 Å². The summed E-state index contributed by atoms with van der Waals surface area (Å²) < 4.78 is 1.87. The maximum Gasteiger partial charge on any atom is 0.258 e. The number of nitrogens with zero attached hydrogens (tertiary/aromatic N) is 4. The molecule has 4 heterocycles. The fourth-order valence-corrected chi connectivity index (χ4v) is 2.79. The lowest BCUT2D eigenvalue weighted by Crippen LogP contribution is -2.16. The maximum absolute atomic E-state index is 12.5. The van der Waals surface area contributed by atoms with Crippen molar-refractivity contribution in [2.24, 2.45) is 0 Å². The van der Waals surface area contributed by atoms with Gasteiger partial charge in [0.15, 0.2) is 5.82 Å². The van der Waals surface area contributed by atoms with E-state index in [0.29, 0.717) is 11.4 Å². The zero-order valence-electron chi connectivity index (χ0n) is 15.4. The Morgan fingerprint density at radius 1 is 1.07 bits per heavy atom. The van der Waals surface area contributed by atoms with E-state index in [-0.39, 0.29) is 11.3 Å². The number of aromatic nitrogens is 5. The zero-order chi connectivity index (χ0) is 19.0. The van der Waals surface area contributed by atoms with E-state index in [1.165, 1.54) is 0 Å². The number of rotatable bonds is 3. The predicted octanol–water partition coefficient (Wildman–Crippen LogP) is 3.67. The van der Waals surface area contributed by atoms with Crippen LogP contribution in [-0.2, 0) is 5.41 Å². The van der Waals surface area contributed by atoms with Crippen LogP contribution in [-0.4, -0.2) is 30.5 Å². The summed E-state index contributed by atoms with van der Waals surface area (Å²) in [5, 5.41) is 9.60. The Morgan fingerprint density at radius 3 is 2.59 bits per heavy atom. The molecular weight excluding hydrogens is 340 g/mol. The van der Waals surface area contributed by atoms with Crippen LogP contribution < -0.4 is 5.32 Å². The minimum atomic E-state index is -0.235. The molecule has 0 saturated heterocycles. The van der Waals surface area contributed by atoms with E-state index >= 15 is 0 Å². The second-order valence-electron chi connectivity index (χ2n) is 7.43. The lowest BCUT2D eigenvalue weighted by molar-refractivity contribution is 0.102. The Labute approximate surface area is 156 Å². The van der Waals surface area contributed by atoms with Crippen molar-refractivity contribution in [3.63, 3.8) is 0 Å². The van der Waals surface area contributed by atoms with Crippen LogP contribution in [0.5, 0.6) is 0 Å². The molecule has 0 bridgehead atoms. The predicted molar refractivity (Wildman–Crippen MR) is 104 cm³/mol. The fourth-order valence-electron chi connectivity index (χ4n) is 2.79. The number of carbonyl (C=O) groups excluding carboxylic acids is 1. The fraction of sp³-hybridized carbons (Fsp3) is 0.200. The Balaban J connectivity index is 1.55. The summed E-state index contributed by atoms with van der Waals surface area (Å²) in [6.45, 7) is 6.26. The van der Waals surface area contributed by atoms with Crippen LogP contribution in [0.1, 0.15) is 36.8 Å². The maximum atomic E-state index is 12.5. The van der Waals surface area contributed by atoms with Crippen molar-refractivity contribution in [3.05, 3.63) is 66.5 Å². The highest BCUT2D eigenvalue weighted by atomic mass is 16.1. The van der Waals surface area contributed by atoms with Crippen LogP contribution in [0.3, 0.4) is 0 Å². The molecule has 0 atom stereocenters. The van der Waals surface area contributed by atoms with E-state index in [9.17, 15) is 4.79 Å². The van der Waals surface area contributed by atoms with Crippen molar-refractivity contribution in [2.45, 2.75) is 26.2 Å².